The molecule has 1 aromatic heterocycles. The lowest BCUT2D eigenvalue weighted by molar-refractivity contribution is -0.126. The lowest BCUT2D eigenvalue weighted by atomic mass is 10.0. The summed E-state index contributed by atoms with van der Waals surface area (Å²) in [6.45, 7) is 2.27. The van der Waals surface area contributed by atoms with E-state index in [2.05, 4.69) is 28.1 Å². The van der Waals surface area contributed by atoms with E-state index in [1.807, 2.05) is 12.1 Å². The van der Waals surface area contributed by atoms with Crippen LogP contribution >= 0.6 is 11.3 Å². The Morgan fingerprint density at radius 1 is 1.41 bits per heavy atom. The molecule has 0 saturated carbocycles. The van der Waals surface area contributed by atoms with Crippen molar-refractivity contribution in [1.29, 1.82) is 0 Å². The molecule has 0 atom stereocenters. The fraction of sp³-hybridized carbons (Fsp3) is 0.308. The van der Waals surface area contributed by atoms with Gasteiger partial charge in [0.15, 0.2) is 0 Å². The highest BCUT2D eigenvalue weighted by Gasteiger charge is 2.24. The number of rotatable bonds is 3. The van der Waals surface area contributed by atoms with E-state index in [0.29, 0.717) is 6.54 Å². The molecule has 0 aliphatic carbocycles. The summed E-state index contributed by atoms with van der Waals surface area (Å²) in [5, 5.41) is 9.50. The lowest BCUT2D eigenvalue weighted by Gasteiger charge is -2.25. The van der Waals surface area contributed by atoms with Crippen molar-refractivity contribution in [2.45, 2.75) is 6.54 Å². The van der Waals surface area contributed by atoms with Crippen LogP contribution in [0.1, 0.15) is 5.56 Å². The molecule has 3 nitrogen and oxygen atoms in total. The number of thiophene rings is 1. The highest BCUT2D eigenvalue weighted by atomic mass is 32.1. The molecule has 1 aromatic carbocycles. The largest absolute Gasteiger partial charge is 0.352 e. The molecule has 0 spiro atoms. The molecule has 0 radical (unpaired) electrons. The van der Waals surface area contributed by atoms with Gasteiger partial charge >= 0.3 is 0 Å². The molecule has 3 rings (SSSR count). The van der Waals surface area contributed by atoms with Gasteiger partial charge in [-0.05, 0) is 22.4 Å². The average molecular weight is 246 g/mol. The van der Waals surface area contributed by atoms with E-state index in [0.717, 1.165) is 13.1 Å². The maximum Gasteiger partial charge on any atom is 0.225 e. The van der Waals surface area contributed by atoms with Crippen molar-refractivity contribution in [3.8, 4) is 0 Å². The molecule has 1 saturated heterocycles. The molecular formula is C13H14N2OS. The first kappa shape index (κ1) is 10.7. The molecule has 2 aromatic rings. The summed E-state index contributed by atoms with van der Waals surface area (Å²) in [4.78, 5) is 11.7. The minimum Gasteiger partial charge on any atom is -0.352 e. The van der Waals surface area contributed by atoms with Crippen LogP contribution in [0.4, 0.5) is 0 Å². The van der Waals surface area contributed by atoms with E-state index in [1.54, 1.807) is 11.3 Å². The SMILES string of the molecule is O=C(NCc1csc2ccccc12)C1CNC1. The Balaban J connectivity index is 1.70. The topological polar surface area (TPSA) is 41.1 Å². The van der Waals surface area contributed by atoms with Crippen LogP contribution in [0.5, 0.6) is 0 Å². The van der Waals surface area contributed by atoms with Crippen LogP contribution in [-0.2, 0) is 11.3 Å². The van der Waals surface area contributed by atoms with Crippen molar-refractivity contribution in [1.82, 2.24) is 10.6 Å². The fourth-order valence-electron chi connectivity index (χ4n) is 1.97. The molecule has 2 heterocycles. The third-order valence-corrected chi connectivity index (χ3v) is 4.18. The van der Waals surface area contributed by atoms with Crippen LogP contribution in [0, 0.1) is 5.92 Å². The van der Waals surface area contributed by atoms with E-state index in [4.69, 9.17) is 0 Å². The molecule has 1 fully saturated rings. The van der Waals surface area contributed by atoms with Gasteiger partial charge in [-0.15, -0.1) is 11.3 Å². The summed E-state index contributed by atoms with van der Waals surface area (Å²) < 4.78 is 1.28. The number of amides is 1. The first-order chi connectivity index (χ1) is 8.34. The Kier molecular flexibility index (Phi) is 2.82. The number of hydrogen-bond donors (Lipinski definition) is 2. The van der Waals surface area contributed by atoms with Crippen LogP contribution in [0.25, 0.3) is 10.1 Å². The summed E-state index contributed by atoms with van der Waals surface area (Å²) in [6, 6.07) is 8.30. The van der Waals surface area contributed by atoms with Crippen molar-refractivity contribution in [3.63, 3.8) is 0 Å². The van der Waals surface area contributed by atoms with Crippen LogP contribution < -0.4 is 10.6 Å². The number of fused-ring (bicyclic) bond motifs is 1. The molecule has 17 heavy (non-hydrogen) atoms. The third-order valence-electron chi connectivity index (χ3n) is 3.17. The summed E-state index contributed by atoms with van der Waals surface area (Å²) in [5.41, 5.74) is 1.21. The second kappa shape index (κ2) is 4.47. The van der Waals surface area contributed by atoms with E-state index < -0.39 is 0 Å². The monoisotopic (exact) mass is 246 g/mol. The van der Waals surface area contributed by atoms with Crippen molar-refractivity contribution in [2.75, 3.05) is 13.1 Å². The second-order valence-corrected chi connectivity index (χ2v) is 5.24. The zero-order valence-electron chi connectivity index (χ0n) is 9.40. The molecule has 0 unspecified atom stereocenters. The highest BCUT2D eigenvalue weighted by molar-refractivity contribution is 7.17. The van der Waals surface area contributed by atoms with Crippen LogP contribution in [0.2, 0.25) is 0 Å². The molecule has 88 valence electrons. The number of carbonyl (C=O) groups is 1. The van der Waals surface area contributed by atoms with Crippen LogP contribution in [-0.4, -0.2) is 19.0 Å². The van der Waals surface area contributed by atoms with Gasteiger partial charge in [-0.2, -0.15) is 0 Å². The molecule has 1 aliphatic heterocycles. The lowest BCUT2D eigenvalue weighted by Crippen LogP contribution is -2.50. The Labute approximate surface area is 104 Å². The molecular weight excluding hydrogens is 232 g/mol. The van der Waals surface area contributed by atoms with Crippen LogP contribution in [0.3, 0.4) is 0 Å². The average Bonchev–Trinajstić information content (AvgIpc) is 2.67. The summed E-state index contributed by atoms with van der Waals surface area (Å²) in [5.74, 6) is 0.332. The third kappa shape index (κ3) is 2.06. The maximum atomic E-state index is 11.7. The Bertz CT molecular complexity index is 545. The normalized spacial score (nSPS) is 15.8. The van der Waals surface area contributed by atoms with Crippen molar-refractivity contribution < 1.29 is 4.79 Å². The van der Waals surface area contributed by atoms with Gasteiger partial charge in [-0.1, -0.05) is 18.2 Å². The predicted octanol–water partition coefficient (Wildman–Crippen LogP) is 1.74. The smallest absolute Gasteiger partial charge is 0.225 e. The second-order valence-electron chi connectivity index (χ2n) is 4.33. The van der Waals surface area contributed by atoms with E-state index in [1.165, 1.54) is 15.6 Å². The standard InChI is InChI=1S/C13H14N2OS/c16-13(9-5-14-6-9)15-7-10-8-17-12-4-2-1-3-11(10)12/h1-4,8-9,14H,5-7H2,(H,15,16). The van der Waals surface area contributed by atoms with E-state index in [-0.39, 0.29) is 11.8 Å². The zero-order valence-corrected chi connectivity index (χ0v) is 10.2. The van der Waals surface area contributed by atoms with Gasteiger partial charge in [-0.3, -0.25) is 4.79 Å². The molecule has 4 heteroatoms. The molecule has 1 amide bonds. The van der Waals surface area contributed by atoms with E-state index >= 15 is 0 Å². The number of carbonyl (C=O) groups excluding carboxylic acids is 1. The zero-order chi connectivity index (χ0) is 11.7. The summed E-state index contributed by atoms with van der Waals surface area (Å²) in [6.07, 6.45) is 0. The Hall–Kier alpha value is -1.39. The molecule has 1 aliphatic rings. The highest BCUT2D eigenvalue weighted by Crippen LogP contribution is 2.25. The number of nitrogens with one attached hydrogen (secondary N) is 2. The number of hydrogen-bond acceptors (Lipinski definition) is 3. The van der Waals surface area contributed by atoms with Gasteiger partial charge in [0.2, 0.25) is 5.91 Å². The Morgan fingerprint density at radius 3 is 3.00 bits per heavy atom. The quantitative estimate of drug-likeness (QED) is 0.866. The summed E-state index contributed by atoms with van der Waals surface area (Å²) >= 11 is 1.73. The van der Waals surface area contributed by atoms with Crippen molar-refractivity contribution >= 4 is 27.3 Å². The minimum atomic E-state index is 0.166. The van der Waals surface area contributed by atoms with Gasteiger partial charge in [0.05, 0.1) is 5.92 Å². The Morgan fingerprint density at radius 2 is 2.24 bits per heavy atom. The van der Waals surface area contributed by atoms with Gasteiger partial charge in [0.1, 0.15) is 0 Å². The first-order valence-electron chi connectivity index (χ1n) is 5.78. The van der Waals surface area contributed by atoms with Crippen LogP contribution in [0.15, 0.2) is 29.6 Å². The molecule has 2 N–H and O–H groups in total. The van der Waals surface area contributed by atoms with Crippen molar-refractivity contribution in [3.05, 3.63) is 35.2 Å². The van der Waals surface area contributed by atoms with Crippen molar-refractivity contribution in [2.24, 2.45) is 5.92 Å². The first-order valence-corrected chi connectivity index (χ1v) is 6.66. The molecule has 0 bridgehead atoms. The van der Waals surface area contributed by atoms with Gasteiger partial charge in [0, 0.05) is 24.3 Å². The summed E-state index contributed by atoms with van der Waals surface area (Å²) in [7, 11) is 0. The van der Waals surface area contributed by atoms with E-state index in [9.17, 15) is 4.79 Å². The van der Waals surface area contributed by atoms with Gasteiger partial charge < -0.3 is 10.6 Å². The number of benzene rings is 1. The minimum absolute atomic E-state index is 0.166. The van der Waals surface area contributed by atoms with Gasteiger partial charge in [0.25, 0.3) is 0 Å². The maximum absolute atomic E-state index is 11.7. The van der Waals surface area contributed by atoms with Gasteiger partial charge in [-0.25, -0.2) is 0 Å². The predicted molar refractivity (Wildman–Crippen MR) is 70.0 cm³/mol. The fourth-order valence-corrected chi connectivity index (χ4v) is 2.93.